The topological polar surface area (TPSA) is 103 Å². The van der Waals surface area contributed by atoms with Gasteiger partial charge in [-0.2, -0.15) is 9.90 Å². The molecule has 2 aromatic heterocycles. The zero-order valence-electron chi connectivity index (χ0n) is 18.0. The molecule has 1 N–H and O–H groups in total. The molecule has 8 heteroatoms. The lowest BCUT2D eigenvalue weighted by Crippen LogP contribution is -2.04. The summed E-state index contributed by atoms with van der Waals surface area (Å²) < 4.78 is 11.3. The molecule has 4 rings (SSSR count). The zero-order valence-corrected chi connectivity index (χ0v) is 18.0. The van der Waals surface area contributed by atoms with Crippen LogP contribution in [0.3, 0.4) is 0 Å². The number of aromatic nitrogens is 4. The number of aryl methyl sites for hydroxylation is 4. The van der Waals surface area contributed by atoms with Gasteiger partial charge in [-0.15, -0.1) is 5.10 Å². The summed E-state index contributed by atoms with van der Waals surface area (Å²) in [6, 6.07) is 17.0. The van der Waals surface area contributed by atoms with Gasteiger partial charge in [-0.25, -0.2) is 9.78 Å². The van der Waals surface area contributed by atoms with E-state index in [1.165, 1.54) is 4.80 Å². The first-order chi connectivity index (χ1) is 15.5. The van der Waals surface area contributed by atoms with Crippen LogP contribution in [0, 0.1) is 13.8 Å². The molecule has 0 unspecified atom stereocenters. The molecule has 0 aliphatic carbocycles. The minimum atomic E-state index is -1.09. The van der Waals surface area contributed by atoms with Crippen molar-refractivity contribution in [2.24, 2.45) is 0 Å². The molecule has 0 saturated heterocycles. The van der Waals surface area contributed by atoms with Gasteiger partial charge in [0.2, 0.25) is 0 Å². The number of carboxylic acid groups (broad SMARTS) is 1. The summed E-state index contributed by atoms with van der Waals surface area (Å²) in [6.07, 6.45) is 1.74. The third-order valence-corrected chi connectivity index (χ3v) is 5.03. The van der Waals surface area contributed by atoms with E-state index >= 15 is 0 Å². The minimum absolute atomic E-state index is 0.0282. The second-order valence-electron chi connectivity index (χ2n) is 7.41. The number of aromatic carboxylic acids is 1. The molecule has 32 heavy (non-hydrogen) atoms. The van der Waals surface area contributed by atoms with Gasteiger partial charge in [0, 0.05) is 13.3 Å². The molecule has 0 bridgehead atoms. The van der Waals surface area contributed by atoms with Gasteiger partial charge in [0.25, 0.3) is 0 Å². The standard InChI is InChI=1S/C24H24N4O4/c1-16-21(25-17(2)32-16)13-14-31-20-10-6-7-18(15-20)11-12-22-23(24(29)30)27-28(26-22)19-8-4-3-5-9-19/h3-10,15H,11-14H2,1-2H3,(H,29,30). The predicted octanol–water partition coefficient (Wildman–Crippen LogP) is 3.98. The van der Waals surface area contributed by atoms with Crippen LogP contribution in [0.5, 0.6) is 5.75 Å². The first kappa shape index (κ1) is 21.3. The van der Waals surface area contributed by atoms with E-state index < -0.39 is 5.97 Å². The summed E-state index contributed by atoms with van der Waals surface area (Å²) in [5.74, 6) is 1.14. The number of hydrogen-bond donors (Lipinski definition) is 1. The maximum atomic E-state index is 11.6. The number of carbonyl (C=O) groups is 1. The molecule has 0 spiro atoms. The minimum Gasteiger partial charge on any atom is -0.493 e. The van der Waals surface area contributed by atoms with Gasteiger partial charge in [0.15, 0.2) is 11.6 Å². The van der Waals surface area contributed by atoms with Crippen molar-refractivity contribution >= 4 is 5.97 Å². The van der Waals surface area contributed by atoms with E-state index in [2.05, 4.69) is 15.2 Å². The molecule has 0 aliphatic rings. The highest BCUT2D eigenvalue weighted by molar-refractivity contribution is 5.86. The van der Waals surface area contributed by atoms with E-state index in [0.29, 0.717) is 43.1 Å². The van der Waals surface area contributed by atoms with Crippen LogP contribution in [-0.4, -0.2) is 37.7 Å². The van der Waals surface area contributed by atoms with Crippen molar-refractivity contribution in [3.05, 3.63) is 88.9 Å². The number of hydrogen-bond acceptors (Lipinski definition) is 6. The van der Waals surface area contributed by atoms with E-state index in [9.17, 15) is 9.90 Å². The van der Waals surface area contributed by atoms with Crippen LogP contribution >= 0.6 is 0 Å². The Balaban J connectivity index is 1.40. The molecule has 164 valence electrons. The van der Waals surface area contributed by atoms with Crippen molar-refractivity contribution in [3.8, 4) is 11.4 Å². The molecule has 0 aliphatic heterocycles. The lowest BCUT2D eigenvalue weighted by atomic mass is 10.1. The third kappa shape index (κ3) is 5.03. The first-order valence-electron chi connectivity index (χ1n) is 10.4. The highest BCUT2D eigenvalue weighted by Crippen LogP contribution is 2.18. The van der Waals surface area contributed by atoms with Crippen molar-refractivity contribution in [2.45, 2.75) is 33.1 Å². The SMILES string of the molecule is Cc1nc(CCOc2cccc(CCc3nn(-c4ccccc4)nc3C(=O)O)c2)c(C)o1. The molecular weight excluding hydrogens is 408 g/mol. The normalized spacial score (nSPS) is 10.9. The molecule has 2 heterocycles. The van der Waals surface area contributed by atoms with Crippen molar-refractivity contribution < 1.29 is 19.1 Å². The van der Waals surface area contributed by atoms with E-state index in [1.807, 2.05) is 68.4 Å². The Morgan fingerprint density at radius 3 is 2.53 bits per heavy atom. The fourth-order valence-corrected chi connectivity index (χ4v) is 3.47. The lowest BCUT2D eigenvalue weighted by Gasteiger charge is -2.07. The van der Waals surface area contributed by atoms with E-state index in [1.54, 1.807) is 0 Å². The largest absolute Gasteiger partial charge is 0.493 e. The summed E-state index contributed by atoms with van der Waals surface area (Å²) in [6.45, 7) is 4.22. The predicted molar refractivity (Wildman–Crippen MR) is 117 cm³/mol. The Morgan fingerprint density at radius 1 is 1.00 bits per heavy atom. The Labute approximate surface area is 185 Å². The fourth-order valence-electron chi connectivity index (χ4n) is 3.47. The van der Waals surface area contributed by atoms with Crippen LogP contribution in [0.2, 0.25) is 0 Å². The molecular formula is C24H24N4O4. The second-order valence-corrected chi connectivity index (χ2v) is 7.41. The Hall–Kier alpha value is -3.94. The Morgan fingerprint density at radius 2 is 1.81 bits per heavy atom. The molecule has 4 aromatic rings. The fraction of sp³-hybridized carbons (Fsp3) is 0.250. The van der Waals surface area contributed by atoms with E-state index in [0.717, 1.165) is 22.8 Å². The van der Waals surface area contributed by atoms with Crippen molar-refractivity contribution in [3.63, 3.8) is 0 Å². The molecule has 0 fully saturated rings. The number of benzene rings is 2. The molecule has 0 atom stereocenters. The van der Waals surface area contributed by atoms with Gasteiger partial charge in [0.1, 0.15) is 11.5 Å². The second kappa shape index (κ2) is 9.47. The van der Waals surface area contributed by atoms with Gasteiger partial charge >= 0.3 is 5.97 Å². The molecule has 0 radical (unpaired) electrons. The average Bonchev–Trinajstić information content (AvgIpc) is 3.36. The number of rotatable bonds is 9. The van der Waals surface area contributed by atoms with E-state index in [-0.39, 0.29) is 5.69 Å². The molecule has 0 saturated carbocycles. The van der Waals surface area contributed by atoms with E-state index in [4.69, 9.17) is 9.15 Å². The quantitative estimate of drug-likeness (QED) is 0.427. The Kier molecular flexibility index (Phi) is 6.30. The third-order valence-electron chi connectivity index (χ3n) is 5.03. The van der Waals surface area contributed by atoms with Crippen LogP contribution in [0.1, 0.15) is 39.1 Å². The maximum Gasteiger partial charge on any atom is 0.358 e. The van der Waals surface area contributed by atoms with Gasteiger partial charge in [-0.1, -0.05) is 30.3 Å². The highest BCUT2D eigenvalue weighted by atomic mass is 16.5. The Bertz CT molecular complexity index is 1210. The first-order valence-corrected chi connectivity index (χ1v) is 10.4. The summed E-state index contributed by atoms with van der Waals surface area (Å²) in [5, 5.41) is 18.1. The summed E-state index contributed by atoms with van der Waals surface area (Å²) in [7, 11) is 0. The van der Waals surface area contributed by atoms with Crippen molar-refractivity contribution in [1.29, 1.82) is 0 Å². The summed E-state index contributed by atoms with van der Waals surface area (Å²) in [5.41, 5.74) is 3.07. The lowest BCUT2D eigenvalue weighted by molar-refractivity contribution is 0.0688. The van der Waals surface area contributed by atoms with Gasteiger partial charge in [0.05, 0.1) is 23.7 Å². The maximum absolute atomic E-state index is 11.6. The van der Waals surface area contributed by atoms with Crippen LogP contribution in [0.4, 0.5) is 0 Å². The monoisotopic (exact) mass is 432 g/mol. The number of para-hydroxylation sites is 1. The molecule has 0 amide bonds. The van der Waals surface area contributed by atoms with Crippen molar-refractivity contribution in [2.75, 3.05) is 6.61 Å². The zero-order chi connectivity index (χ0) is 22.5. The average molecular weight is 432 g/mol. The highest BCUT2D eigenvalue weighted by Gasteiger charge is 2.18. The van der Waals surface area contributed by atoms with Gasteiger partial charge in [-0.3, -0.25) is 0 Å². The van der Waals surface area contributed by atoms with Crippen LogP contribution < -0.4 is 4.74 Å². The number of oxazole rings is 1. The van der Waals surface area contributed by atoms with Crippen LogP contribution in [0.15, 0.2) is 59.0 Å². The smallest absolute Gasteiger partial charge is 0.358 e. The molecule has 8 nitrogen and oxygen atoms in total. The van der Waals surface area contributed by atoms with Crippen LogP contribution in [0.25, 0.3) is 5.69 Å². The number of carboxylic acids is 1. The summed E-state index contributed by atoms with van der Waals surface area (Å²) in [4.78, 5) is 17.4. The number of ether oxygens (including phenoxy) is 1. The summed E-state index contributed by atoms with van der Waals surface area (Å²) >= 11 is 0. The van der Waals surface area contributed by atoms with Gasteiger partial charge in [-0.05, 0) is 49.6 Å². The number of nitrogens with zero attached hydrogens (tertiary/aromatic N) is 4. The molecule has 2 aromatic carbocycles. The van der Waals surface area contributed by atoms with Gasteiger partial charge < -0.3 is 14.3 Å². The van der Waals surface area contributed by atoms with Crippen LogP contribution in [-0.2, 0) is 19.3 Å². The van der Waals surface area contributed by atoms with Crippen molar-refractivity contribution in [1.82, 2.24) is 20.0 Å².